The lowest BCUT2D eigenvalue weighted by Gasteiger charge is -2.32. The summed E-state index contributed by atoms with van der Waals surface area (Å²) in [5.41, 5.74) is -0.942. The van der Waals surface area contributed by atoms with Crippen molar-refractivity contribution < 1.29 is 9.18 Å². The predicted molar refractivity (Wildman–Crippen MR) is 57.9 cm³/mol. The molecule has 0 aromatic carbocycles. The van der Waals surface area contributed by atoms with Crippen molar-refractivity contribution in [1.29, 1.82) is 0 Å². The van der Waals surface area contributed by atoms with Crippen LogP contribution in [0.2, 0.25) is 0 Å². The number of aromatic amines is 1. The summed E-state index contributed by atoms with van der Waals surface area (Å²) in [5, 5.41) is 6.75. The molecule has 4 nitrogen and oxygen atoms in total. The van der Waals surface area contributed by atoms with Gasteiger partial charge in [0, 0.05) is 30.9 Å². The highest BCUT2D eigenvalue weighted by Gasteiger charge is 2.28. The van der Waals surface area contributed by atoms with Gasteiger partial charge in [-0.2, -0.15) is 5.10 Å². The smallest absolute Gasteiger partial charge is 0.272 e. The fourth-order valence-electron chi connectivity index (χ4n) is 2.06. The first-order valence-corrected chi connectivity index (χ1v) is 5.68. The number of alkyl halides is 2. The fraction of sp³-hybridized carbons (Fsp3) is 0.600. The van der Waals surface area contributed by atoms with Crippen LogP contribution in [0.25, 0.3) is 0 Å². The molecule has 6 heteroatoms. The first kappa shape index (κ1) is 11.4. The van der Waals surface area contributed by atoms with E-state index in [0.29, 0.717) is 13.1 Å². The van der Waals surface area contributed by atoms with Gasteiger partial charge in [0.15, 0.2) is 0 Å². The Hall–Kier alpha value is -1.10. The van der Waals surface area contributed by atoms with Crippen LogP contribution in [0, 0.1) is 0 Å². The molecular formula is C10H13ClFN3O. The minimum atomic E-state index is -1.93. The van der Waals surface area contributed by atoms with E-state index in [2.05, 4.69) is 10.2 Å². The Morgan fingerprint density at radius 3 is 3.19 bits per heavy atom. The van der Waals surface area contributed by atoms with Gasteiger partial charge in [-0.25, -0.2) is 4.39 Å². The topological polar surface area (TPSA) is 49.0 Å². The molecule has 1 amide bonds. The minimum absolute atomic E-state index is 0.204. The number of H-pyrrole nitrogens is 1. The van der Waals surface area contributed by atoms with Gasteiger partial charge in [0.2, 0.25) is 0 Å². The Balaban J connectivity index is 2.02. The van der Waals surface area contributed by atoms with Crippen LogP contribution < -0.4 is 0 Å². The molecule has 88 valence electrons. The zero-order valence-corrected chi connectivity index (χ0v) is 9.45. The average molecular weight is 246 g/mol. The quantitative estimate of drug-likeness (QED) is 0.806. The van der Waals surface area contributed by atoms with Crippen molar-refractivity contribution in [3.8, 4) is 0 Å². The van der Waals surface area contributed by atoms with Crippen LogP contribution in [-0.4, -0.2) is 39.7 Å². The van der Waals surface area contributed by atoms with Crippen LogP contribution >= 0.6 is 11.6 Å². The van der Waals surface area contributed by atoms with Gasteiger partial charge in [0.05, 0.1) is 0 Å². The van der Waals surface area contributed by atoms with Gasteiger partial charge in [0.1, 0.15) is 0 Å². The van der Waals surface area contributed by atoms with Crippen molar-refractivity contribution in [2.75, 3.05) is 13.1 Å². The van der Waals surface area contributed by atoms with Gasteiger partial charge < -0.3 is 4.90 Å². The molecule has 2 atom stereocenters. The number of rotatable bonds is 2. The number of nitrogens with one attached hydrogen (secondary N) is 1. The van der Waals surface area contributed by atoms with Crippen molar-refractivity contribution in [1.82, 2.24) is 15.1 Å². The molecule has 1 aromatic rings. The van der Waals surface area contributed by atoms with E-state index in [-0.39, 0.29) is 5.92 Å². The normalized spacial score (nSPS) is 23.1. The minimum Gasteiger partial charge on any atom is -0.338 e. The largest absolute Gasteiger partial charge is 0.338 e. The monoisotopic (exact) mass is 245 g/mol. The van der Waals surface area contributed by atoms with E-state index in [1.807, 2.05) is 6.07 Å². The molecule has 16 heavy (non-hydrogen) atoms. The highest BCUT2D eigenvalue weighted by Crippen LogP contribution is 2.26. The Bertz CT molecular complexity index is 355. The fourth-order valence-corrected chi connectivity index (χ4v) is 2.20. The molecule has 2 heterocycles. The van der Waals surface area contributed by atoms with E-state index in [0.717, 1.165) is 18.5 Å². The highest BCUT2D eigenvalue weighted by molar-refractivity contribution is 6.29. The number of halogens is 2. The predicted octanol–water partition coefficient (Wildman–Crippen LogP) is 1.65. The van der Waals surface area contributed by atoms with E-state index in [1.165, 1.54) is 4.90 Å². The van der Waals surface area contributed by atoms with Crippen molar-refractivity contribution in [2.24, 2.45) is 0 Å². The number of piperidine rings is 1. The third-order valence-electron chi connectivity index (χ3n) is 2.88. The van der Waals surface area contributed by atoms with Crippen LogP contribution in [0.1, 0.15) is 24.5 Å². The average Bonchev–Trinajstić information content (AvgIpc) is 2.81. The van der Waals surface area contributed by atoms with Crippen molar-refractivity contribution >= 4 is 17.5 Å². The van der Waals surface area contributed by atoms with Crippen LogP contribution in [0.15, 0.2) is 12.3 Å². The highest BCUT2D eigenvalue weighted by atomic mass is 35.5. The molecule has 2 rings (SSSR count). The van der Waals surface area contributed by atoms with Crippen LogP contribution in [0.3, 0.4) is 0 Å². The van der Waals surface area contributed by atoms with Crippen LogP contribution in [0.4, 0.5) is 4.39 Å². The number of aromatic nitrogens is 2. The summed E-state index contributed by atoms with van der Waals surface area (Å²) in [5.74, 6) is -0.429. The second-order valence-electron chi connectivity index (χ2n) is 3.94. The zero-order valence-electron chi connectivity index (χ0n) is 8.70. The SMILES string of the molecule is O=C(C(F)Cl)N1CCCC(c2ccn[nH]2)C1. The molecule has 1 aliphatic heterocycles. The number of hydrogen-bond acceptors (Lipinski definition) is 2. The third-order valence-corrected chi connectivity index (χ3v) is 3.07. The molecule has 0 bridgehead atoms. The standard InChI is InChI=1S/C10H13ClFN3O/c11-9(12)10(16)15-5-1-2-7(6-15)8-3-4-13-14-8/h3-4,7,9H,1-2,5-6H2,(H,13,14). The number of carbonyl (C=O) groups is 1. The molecule has 1 saturated heterocycles. The van der Waals surface area contributed by atoms with E-state index in [1.54, 1.807) is 6.20 Å². The summed E-state index contributed by atoms with van der Waals surface area (Å²) in [4.78, 5) is 12.9. The Labute approximate surface area is 97.8 Å². The Morgan fingerprint density at radius 2 is 2.56 bits per heavy atom. The molecule has 1 aliphatic rings. The van der Waals surface area contributed by atoms with Gasteiger partial charge in [-0.15, -0.1) is 0 Å². The second-order valence-corrected chi connectivity index (χ2v) is 4.32. The van der Waals surface area contributed by atoms with Gasteiger partial charge >= 0.3 is 0 Å². The molecule has 1 N–H and O–H groups in total. The van der Waals surface area contributed by atoms with Crippen molar-refractivity contribution in [3.05, 3.63) is 18.0 Å². The number of carbonyl (C=O) groups excluding carboxylic acids is 1. The van der Waals surface area contributed by atoms with E-state index in [4.69, 9.17) is 11.6 Å². The molecule has 0 radical (unpaired) electrons. The van der Waals surface area contributed by atoms with Gasteiger partial charge in [-0.1, -0.05) is 11.6 Å². The summed E-state index contributed by atoms with van der Waals surface area (Å²) in [6, 6.07) is 1.88. The molecule has 1 aromatic heterocycles. The molecule has 0 aliphatic carbocycles. The van der Waals surface area contributed by atoms with Crippen LogP contribution in [-0.2, 0) is 4.79 Å². The Morgan fingerprint density at radius 1 is 1.75 bits per heavy atom. The third kappa shape index (κ3) is 2.35. The number of hydrogen-bond donors (Lipinski definition) is 1. The van der Waals surface area contributed by atoms with Gasteiger partial charge in [-0.3, -0.25) is 9.89 Å². The summed E-state index contributed by atoms with van der Waals surface area (Å²) < 4.78 is 12.7. The van der Waals surface area contributed by atoms with Gasteiger partial charge in [-0.05, 0) is 18.9 Å². The summed E-state index contributed by atoms with van der Waals surface area (Å²) in [6.07, 6.45) is 3.51. The zero-order chi connectivity index (χ0) is 11.5. The maximum absolute atomic E-state index is 12.7. The lowest BCUT2D eigenvalue weighted by Crippen LogP contribution is -2.41. The first-order chi connectivity index (χ1) is 7.68. The van der Waals surface area contributed by atoms with E-state index >= 15 is 0 Å². The lowest BCUT2D eigenvalue weighted by molar-refractivity contribution is -0.134. The second kappa shape index (κ2) is 4.82. The number of likely N-dealkylation sites (tertiary alicyclic amines) is 1. The van der Waals surface area contributed by atoms with E-state index in [9.17, 15) is 9.18 Å². The first-order valence-electron chi connectivity index (χ1n) is 5.24. The maximum atomic E-state index is 12.7. The molecule has 0 saturated carbocycles. The van der Waals surface area contributed by atoms with Gasteiger partial charge in [0.25, 0.3) is 11.5 Å². The molecule has 1 fully saturated rings. The number of nitrogens with zero attached hydrogens (tertiary/aromatic N) is 2. The van der Waals surface area contributed by atoms with E-state index < -0.39 is 11.5 Å². The molecule has 2 unspecified atom stereocenters. The van der Waals surface area contributed by atoms with Crippen molar-refractivity contribution in [2.45, 2.75) is 24.4 Å². The number of amides is 1. The summed E-state index contributed by atoms with van der Waals surface area (Å²) in [6.45, 7) is 1.09. The maximum Gasteiger partial charge on any atom is 0.272 e. The summed E-state index contributed by atoms with van der Waals surface area (Å²) >= 11 is 5.16. The summed E-state index contributed by atoms with van der Waals surface area (Å²) in [7, 11) is 0. The van der Waals surface area contributed by atoms with Crippen LogP contribution in [0.5, 0.6) is 0 Å². The molecule has 0 spiro atoms. The van der Waals surface area contributed by atoms with Crippen molar-refractivity contribution in [3.63, 3.8) is 0 Å². The molecular weight excluding hydrogens is 233 g/mol. The Kier molecular flexibility index (Phi) is 3.43. The lowest BCUT2D eigenvalue weighted by atomic mass is 9.95.